The van der Waals surface area contributed by atoms with E-state index < -0.39 is 0 Å². The summed E-state index contributed by atoms with van der Waals surface area (Å²) in [6, 6.07) is 16.8. The third kappa shape index (κ3) is 4.09. The highest BCUT2D eigenvalue weighted by Gasteiger charge is 2.03. The molecule has 0 saturated carbocycles. The van der Waals surface area contributed by atoms with E-state index in [-0.39, 0.29) is 0 Å². The molecule has 24 heavy (non-hydrogen) atoms. The molecule has 0 saturated heterocycles. The molecule has 0 aliphatic carbocycles. The van der Waals surface area contributed by atoms with Crippen molar-refractivity contribution in [2.24, 2.45) is 5.10 Å². The maximum Gasteiger partial charge on any atom is 0.203 e. The minimum absolute atomic E-state index is 0.546. The Kier molecular flexibility index (Phi) is 5.06. The maximum atomic E-state index is 4.57. The molecule has 0 amide bonds. The molecule has 4 heteroatoms. The van der Waals surface area contributed by atoms with Crippen LogP contribution in [-0.2, 0) is 0 Å². The van der Waals surface area contributed by atoms with E-state index in [1.54, 1.807) is 11.3 Å². The van der Waals surface area contributed by atoms with Crippen LogP contribution in [0.3, 0.4) is 0 Å². The molecule has 2 aromatic carbocycles. The Bertz CT molecular complexity index is 815. The standard InChI is InChI=1S/C20H21N3S/c1-14(2)17-10-6-16(7-11-17)12-21-23-20-22-19(13-24-20)18-8-4-15(3)5-9-18/h4-14H,1-3H3,(H,22,23)/b21-12+. The van der Waals surface area contributed by atoms with Gasteiger partial charge in [-0.05, 0) is 24.0 Å². The Balaban J connectivity index is 1.63. The number of hydrogen-bond donors (Lipinski definition) is 1. The van der Waals surface area contributed by atoms with Gasteiger partial charge in [0.25, 0.3) is 0 Å². The van der Waals surface area contributed by atoms with Crippen LogP contribution >= 0.6 is 11.3 Å². The monoisotopic (exact) mass is 335 g/mol. The summed E-state index contributed by atoms with van der Waals surface area (Å²) in [6.45, 7) is 6.47. The van der Waals surface area contributed by atoms with E-state index in [1.807, 2.05) is 11.6 Å². The van der Waals surface area contributed by atoms with Gasteiger partial charge in [-0.1, -0.05) is 67.9 Å². The van der Waals surface area contributed by atoms with E-state index in [4.69, 9.17) is 0 Å². The van der Waals surface area contributed by atoms with Crippen molar-refractivity contribution in [3.05, 3.63) is 70.6 Å². The van der Waals surface area contributed by atoms with Crippen LogP contribution in [0.25, 0.3) is 11.3 Å². The highest BCUT2D eigenvalue weighted by molar-refractivity contribution is 7.14. The molecule has 3 rings (SSSR count). The average molecular weight is 335 g/mol. The summed E-state index contributed by atoms with van der Waals surface area (Å²) >= 11 is 1.55. The van der Waals surface area contributed by atoms with E-state index in [1.165, 1.54) is 11.1 Å². The number of aromatic nitrogens is 1. The van der Waals surface area contributed by atoms with Crippen LogP contribution in [0.1, 0.15) is 36.5 Å². The lowest BCUT2D eigenvalue weighted by atomic mass is 10.0. The van der Waals surface area contributed by atoms with Gasteiger partial charge in [-0.2, -0.15) is 5.10 Å². The summed E-state index contributed by atoms with van der Waals surface area (Å²) in [4.78, 5) is 4.57. The van der Waals surface area contributed by atoms with Gasteiger partial charge < -0.3 is 0 Å². The normalized spacial score (nSPS) is 11.3. The molecular weight excluding hydrogens is 314 g/mol. The highest BCUT2D eigenvalue weighted by Crippen LogP contribution is 2.25. The average Bonchev–Trinajstić information content (AvgIpc) is 3.05. The number of nitrogens with one attached hydrogen (secondary N) is 1. The van der Waals surface area contributed by atoms with Crippen LogP contribution in [0, 0.1) is 6.92 Å². The number of anilines is 1. The van der Waals surface area contributed by atoms with Gasteiger partial charge in [-0.25, -0.2) is 4.98 Å². The number of hydrogen-bond acceptors (Lipinski definition) is 4. The molecule has 0 spiro atoms. The molecule has 0 aliphatic heterocycles. The number of thiazole rings is 1. The zero-order valence-electron chi connectivity index (χ0n) is 14.2. The molecule has 0 radical (unpaired) electrons. The Morgan fingerprint density at radius 1 is 1.04 bits per heavy atom. The molecule has 1 heterocycles. The van der Waals surface area contributed by atoms with E-state index in [9.17, 15) is 0 Å². The molecule has 0 unspecified atom stereocenters. The summed E-state index contributed by atoms with van der Waals surface area (Å²) in [7, 11) is 0. The number of rotatable bonds is 5. The summed E-state index contributed by atoms with van der Waals surface area (Å²) in [5.41, 5.74) is 8.76. The lowest BCUT2D eigenvalue weighted by Gasteiger charge is -2.04. The molecule has 1 N–H and O–H groups in total. The number of benzene rings is 2. The first kappa shape index (κ1) is 16.4. The van der Waals surface area contributed by atoms with Crippen molar-refractivity contribution >= 4 is 22.7 Å². The van der Waals surface area contributed by atoms with Gasteiger partial charge in [0.1, 0.15) is 0 Å². The van der Waals surface area contributed by atoms with Crippen LogP contribution in [0.4, 0.5) is 5.13 Å². The van der Waals surface area contributed by atoms with Crippen LogP contribution in [0.5, 0.6) is 0 Å². The van der Waals surface area contributed by atoms with E-state index in [0.29, 0.717) is 5.92 Å². The lowest BCUT2D eigenvalue weighted by molar-refractivity contribution is 0.866. The Morgan fingerprint density at radius 3 is 2.42 bits per heavy atom. The van der Waals surface area contributed by atoms with Crippen molar-refractivity contribution < 1.29 is 0 Å². The molecule has 0 fully saturated rings. The summed E-state index contributed by atoms with van der Waals surface area (Å²) in [5.74, 6) is 0.546. The zero-order chi connectivity index (χ0) is 16.9. The van der Waals surface area contributed by atoms with Crippen molar-refractivity contribution in [3.63, 3.8) is 0 Å². The van der Waals surface area contributed by atoms with Crippen molar-refractivity contribution in [2.45, 2.75) is 26.7 Å². The molecular formula is C20H21N3S. The predicted molar refractivity (Wildman–Crippen MR) is 104 cm³/mol. The second-order valence-electron chi connectivity index (χ2n) is 6.10. The van der Waals surface area contributed by atoms with E-state index >= 15 is 0 Å². The summed E-state index contributed by atoms with van der Waals surface area (Å²) < 4.78 is 0. The Labute approximate surface area is 147 Å². The predicted octanol–water partition coefficient (Wildman–Crippen LogP) is 5.69. The van der Waals surface area contributed by atoms with Crippen molar-refractivity contribution in [1.29, 1.82) is 0 Å². The third-order valence-electron chi connectivity index (χ3n) is 3.83. The quantitative estimate of drug-likeness (QED) is 0.480. The SMILES string of the molecule is Cc1ccc(-c2csc(N/N=C/c3ccc(C(C)C)cc3)n2)cc1. The summed E-state index contributed by atoms with van der Waals surface area (Å²) in [5, 5.41) is 7.11. The minimum Gasteiger partial charge on any atom is -0.253 e. The summed E-state index contributed by atoms with van der Waals surface area (Å²) in [6.07, 6.45) is 1.82. The smallest absolute Gasteiger partial charge is 0.203 e. The van der Waals surface area contributed by atoms with Crippen LogP contribution in [0.2, 0.25) is 0 Å². The first-order valence-corrected chi connectivity index (χ1v) is 8.91. The fraction of sp³-hybridized carbons (Fsp3) is 0.200. The maximum absolute atomic E-state index is 4.57. The molecule has 0 aliphatic rings. The number of nitrogens with zero attached hydrogens (tertiary/aromatic N) is 2. The second kappa shape index (κ2) is 7.41. The second-order valence-corrected chi connectivity index (χ2v) is 6.95. The van der Waals surface area contributed by atoms with Gasteiger partial charge in [-0.3, -0.25) is 5.43 Å². The fourth-order valence-corrected chi connectivity index (χ4v) is 2.98. The van der Waals surface area contributed by atoms with Gasteiger partial charge in [0.2, 0.25) is 5.13 Å². The van der Waals surface area contributed by atoms with E-state index in [2.05, 4.69) is 84.8 Å². The molecule has 0 atom stereocenters. The molecule has 1 aromatic heterocycles. The Hall–Kier alpha value is -2.46. The van der Waals surface area contributed by atoms with Crippen molar-refractivity contribution in [3.8, 4) is 11.3 Å². The number of hydrazone groups is 1. The largest absolute Gasteiger partial charge is 0.253 e. The molecule has 122 valence electrons. The lowest BCUT2D eigenvalue weighted by Crippen LogP contribution is -1.91. The van der Waals surface area contributed by atoms with Gasteiger partial charge in [-0.15, -0.1) is 11.3 Å². The van der Waals surface area contributed by atoms with Crippen molar-refractivity contribution in [2.75, 3.05) is 5.43 Å². The zero-order valence-corrected chi connectivity index (χ0v) is 15.0. The highest BCUT2D eigenvalue weighted by atomic mass is 32.1. The molecule has 3 aromatic rings. The van der Waals surface area contributed by atoms with Gasteiger partial charge in [0.15, 0.2) is 0 Å². The molecule has 3 nitrogen and oxygen atoms in total. The van der Waals surface area contributed by atoms with E-state index in [0.717, 1.165) is 22.0 Å². The van der Waals surface area contributed by atoms with Crippen molar-refractivity contribution in [1.82, 2.24) is 4.98 Å². The molecule has 0 bridgehead atoms. The van der Waals surface area contributed by atoms with Crippen LogP contribution in [-0.4, -0.2) is 11.2 Å². The van der Waals surface area contributed by atoms with Gasteiger partial charge in [0, 0.05) is 10.9 Å². The Morgan fingerprint density at radius 2 is 1.75 bits per heavy atom. The fourth-order valence-electron chi connectivity index (χ4n) is 2.31. The van der Waals surface area contributed by atoms with Gasteiger partial charge in [0.05, 0.1) is 11.9 Å². The van der Waals surface area contributed by atoms with Crippen LogP contribution in [0.15, 0.2) is 59.0 Å². The number of aryl methyl sites for hydroxylation is 1. The first-order valence-electron chi connectivity index (χ1n) is 8.03. The topological polar surface area (TPSA) is 37.3 Å². The van der Waals surface area contributed by atoms with Crippen LogP contribution < -0.4 is 5.43 Å². The minimum atomic E-state index is 0.546. The first-order chi connectivity index (χ1) is 11.6. The van der Waals surface area contributed by atoms with Gasteiger partial charge >= 0.3 is 0 Å². The third-order valence-corrected chi connectivity index (χ3v) is 4.58.